The molecule has 0 bridgehead atoms. The maximum Gasteiger partial charge on any atom is 0.339 e. The Morgan fingerprint density at radius 3 is 2.67 bits per heavy atom. The van der Waals surface area contributed by atoms with Crippen LogP contribution in [0, 0.1) is 5.92 Å². The highest BCUT2D eigenvalue weighted by molar-refractivity contribution is 5.90. The van der Waals surface area contributed by atoms with Crippen molar-refractivity contribution in [1.82, 2.24) is 4.90 Å². The van der Waals surface area contributed by atoms with E-state index in [-0.39, 0.29) is 23.7 Å². The summed E-state index contributed by atoms with van der Waals surface area (Å²) < 4.78 is 5.04. The van der Waals surface area contributed by atoms with Gasteiger partial charge in [-0.15, -0.1) is 0 Å². The number of rotatable bonds is 6. The number of hydrogen-bond donors (Lipinski definition) is 1. The second kappa shape index (κ2) is 6.23. The highest BCUT2D eigenvalue weighted by Gasteiger charge is 2.18. The summed E-state index contributed by atoms with van der Waals surface area (Å²) in [5.41, 5.74) is 0.0561. The van der Waals surface area contributed by atoms with E-state index in [1.807, 2.05) is 0 Å². The van der Waals surface area contributed by atoms with Crippen molar-refractivity contribution in [2.45, 2.75) is 26.7 Å². The van der Waals surface area contributed by atoms with E-state index in [0.717, 1.165) is 6.42 Å². The van der Waals surface area contributed by atoms with Crippen LogP contribution in [0.5, 0.6) is 0 Å². The van der Waals surface area contributed by atoms with Gasteiger partial charge in [-0.3, -0.25) is 4.79 Å². The van der Waals surface area contributed by atoms with Crippen molar-refractivity contribution in [3.63, 3.8) is 0 Å². The van der Waals surface area contributed by atoms with E-state index in [4.69, 9.17) is 9.52 Å². The Balaban J connectivity index is 2.58. The van der Waals surface area contributed by atoms with Gasteiger partial charge in [-0.05, 0) is 18.4 Å². The quantitative estimate of drug-likeness (QED) is 0.842. The smallest absolute Gasteiger partial charge is 0.339 e. The molecule has 18 heavy (non-hydrogen) atoms. The van der Waals surface area contributed by atoms with E-state index in [1.165, 1.54) is 12.3 Å². The number of amides is 1. The molecule has 0 spiro atoms. The monoisotopic (exact) mass is 253 g/mol. The number of furan rings is 1. The lowest BCUT2D eigenvalue weighted by Crippen LogP contribution is -2.30. The molecule has 1 aromatic heterocycles. The van der Waals surface area contributed by atoms with E-state index in [0.29, 0.717) is 12.5 Å². The summed E-state index contributed by atoms with van der Waals surface area (Å²) in [5.74, 6) is -0.466. The van der Waals surface area contributed by atoms with E-state index in [9.17, 15) is 9.59 Å². The first-order valence-corrected chi connectivity index (χ1v) is 5.95. The molecule has 0 aliphatic carbocycles. The third-order valence-electron chi connectivity index (χ3n) is 2.76. The van der Waals surface area contributed by atoms with Crippen molar-refractivity contribution in [2.24, 2.45) is 5.92 Å². The average Bonchev–Trinajstić information content (AvgIpc) is 2.73. The molecule has 0 radical (unpaired) electrons. The first-order valence-electron chi connectivity index (χ1n) is 5.95. The van der Waals surface area contributed by atoms with Gasteiger partial charge in [0.05, 0.1) is 12.7 Å². The van der Waals surface area contributed by atoms with Gasteiger partial charge in [0.2, 0.25) is 5.91 Å². The standard InChI is InChI=1S/C13H19NO4/c1-9(2)4-6-14(3)12(15)8-11-10(13(16)17)5-7-18-11/h5,7,9H,4,6,8H2,1-3H3,(H,16,17). The number of carboxylic acids is 1. The Kier molecular flexibility index (Phi) is 4.95. The Bertz CT molecular complexity index is 422. The van der Waals surface area contributed by atoms with Crippen LogP contribution in [0.1, 0.15) is 36.4 Å². The van der Waals surface area contributed by atoms with Crippen LogP contribution in [0.25, 0.3) is 0 Å². The predicted molar refractivity (Wildman–Crippen MR) is 66.5 cm³/mol. The predicted octanol–water partition coefficient (Wildman–Crippen LogP) is 2.02. The van der Waals surface area contributed by atoms with Gasteiger partial charge < -0.3 is 14.4 Å². The Labute approximate surface area is 106 Å². The number of carbonyl (C=O) groups is 2. The molecule has 1 heterocycles. The molecule has 1 amide bonds. The molecular formula is C13H19NO4. The molecule has 0 aliphatic rings. The van der Waals surface area contributed by atoms with Gasteiger partial charge in [-0.25, -0.2) is 4.79 Å². The van der Waals surface area contributed by atoms with Crippen molar-refractivity contribution in [2.75, 3.05) is 13.6 Å². The van der Waals surface area contributed by atoms with Gasteiger partial charge in [0.15, 0.2) is 0 Å². The Hall–Kier alpha value is -1.78. The summed E-state index contributed by atoms with van der Waals surface area (Å²) in [7, 11) is 1.72. The van der Waals surface area contributed by atoms with E-state index in [2.05, 4.69) is 13.8 Å². The van der Waals surface area contributed by atoms with Crippen LogP contribution in [0.3, 0.4) is 0 Å². The van der Waals surface area contributed by atoms with Crippen LogP contribution in [0.2, 0.25) is 0 Å². The lowest BCUT2D eigenvalue weighted by atomic mass is 10.1. The molecular weight excluding hydrogens is 234 g/mol. The van der Waals surface area contributed by atoms with Crippen molar-refractivity contribution in [3.05, 3.63) is 23.7 Å². The molecule has 1 aromatic rings. The molecule has 100 valence electrons. The average molecular weight is 253 g/mol. The topological polar surface area (TPSA) is 70.8 Å². The first kappa shape index (κ1) is 14.3. The lowest BCUT2D eigenvalue weighted by molar-refractivity contribution is -0.129. The molecule has 0 aromatic carbocycles. The Morgan fingerprint density at radius 1 is 1.44 bits per heavy atom. The third kappa shape index (κ3) is 3.91. The van der Waals surface area contributed by atoms with Crippen molar-refractivity contribution < 1.29 is 19.1 Å². The minimum Gasteiger partial charge on any atom is -0.478 e. The fourth-order valence-corrected chi connectivity index (χ4v) is 1.52. The SMILES string of the molecule is CC(C)CCN(C)C(=O)Cc1occc1C(=O)O. The van der Waals surface area contributed by atoms with Gasteiger partial charge in [0.25, 0.3) is 0 Å². The van der Waals surface area contributed by atoms with Gasteiger partial charge in [-0.1, -0.05) is 13.8 Å². The summed E-state index contributed by atoms with van der Waals surface area (Å²) in [4.78, 5) is 24.3. The number of carbonyl (C=O) groups excluding carboxylic acids is 1. The first-order chi connectivity index (χ1) is 8.41. The zero-order chi connectivity index (χ0) is 13.7. The summed E-state index contributed by atoms with van der Waals surface area (Å²) in [6.45, 7) is 4.85. The second-order valence-corrected chi connectivity index (χ2v) is 4.74. The van der Waals surface area contributed by atoms with Gasteiger partial charge in [0, 0.05) is 13.6 Å². The van der Waals surface area contributed by atoms with Crippen molar-refractivity contribution >= 4 is 11.9 Å². The molecule has 0 saturated carbocycles. The minimum absolute atomic E-state index is 0.0107. The van der Waals surface area contributed by atoms with E-state index < -0.39 is 5.97 Å². The fraction of sp³-hybridized carbons (Fsp3) is 0.538. The number of hydrogen-bond acceptors (Lipinski definition) is 3. The van der Waals surface area contributed by atoms with Crippen LogP contribution < -0.4 is 0 Å². The fourth-order valence-electron chi connectivity index (χ4n) is 1.52. The van der Waals surface area contributed by atoms with Crippen molar-refractivity contribution in [3.8, 4) is 0 Å². The number of carboxylic acid groups (broad SMARTS) is 1. The largest absolute Gasteiger partial charge is 0.478 e. The van der Waals surface area contributed by atoms with E-state index >= 15 is 0 Å². The molecule has 1 N–H and O–H groups in total. The zero-order valence-corrected chi connectivity index (χ0v) is 11.0. The molecule has 1 rings (SSSR count). The zero-order valence-electron chi connectivity index (χ0n) is 11.0. The van der Waals surface area contributed by atoms with Crippen LogP contribution in [0.15, 0.2) is 16.7 Å². The van der Waals surface area contributed by atoms with Crippen LogP contribution >= 0.6 is 0 Å². The maximum absolute atomic E-state index is 11.9. The highest BCUT2D eigenvalue weighted by Crippen LogP contribution is 2.12. The molecule has 5 nitrogen and oxygen atoms in total. The number of nitrogens with zero attached hydrogens (tertiary/aromatic N) is 1. The molecule has 0 aliphatic heterocycles. The van der Waals surface area contributed by atoms with Crippen LogP contribution in [-0.4, -0.2) is 35.5 Å². The van der Waals surface area contributed by atoms with Gasteiger partial charge in [-0.2, -0.15) is 0 Å². The normalized spacial score (nSPS) is 10.7. The molecule has 0 atom stereocenters. The minimum atomic E-state index is -1.07. The van der Waals surface area contributed by atoms with Gasteiger partial charge in [0.1, 0.15) is 11.3 Å². The molecule has 5 heteroatoms. The molecule has 0 unspecified atom stereocenters. The van der Waals surface area contributed by atoms with Crippen LogP contribution in [0.4, 0.5) is 0 Å². The van der Waals surface area contributed by atoms with Crippen LogP contribution in [-0.2, 0) is 11.2 Å². The number of likely N-dealkylation sites (N-methyl/N-ethyl adjacent to an activating group) is 1. The second-order valence-electron chi connectivity index (χ2n) is 4.74. The molecule has 0 fully saturated rings. The summed E-state index contributed by atoms with van der Waals surface area (Å²) in [6.07, 6.45) is 2.20. The molecule has 0 saturated heterocycles. The summed E-state index contributed by atoms with van der Waals surface area (Å²) >= 11 is 0. The number of aromatic carboxylic acids is 1. The lowest BCUT2D eigenvalue weighted by Gasteiger charge is -2.17. The van der Waals surface area contributed by atoms with Gasteiger partial charge >= 0.3 is 5.97 Å². The summed E-state index contributed by atoms with van der Waals surface area (Å²) in [5, 5.41) is 8.90. The summed E-state index contributed by atoms with van der Waals surface area (Å²) in [6, 6.07) is 1.36. The maximum atomic E-state index is 11.9. The third-order valence-corrected chi connectivity index (χ3v) is 2.76. The van der Waals surface area contributed by atoms with Crippen molar-refractivity contribution in [1.29, 1.82) is 0 Å². The highest BCUT2D eigenvalue weighted by atomic mass is 16.4. The Morgan fingerprint density at radius 2 is 2.11 bits per heavy atom. The van der Waals surface area contributed by atoms with E-state index in [1.54, 1.807) is 11.9 Å².